The van der Waals surface area contributed by atoms with Gasteiger partial charge in [-0.3, -0.25) is 0 Å². The molecule has 1 nitrogen and oxygen atoms in total. The lowest BCUT2D eigenvalue weighted by Crippen LogP contribution is -2.72. The topological polar surface area (TPSA) is 3.88 Å². The number of hydrogen-bond donors (Lipinski definition) is 0. The molecule has 1 aromatic heterocycles. The van der Waals surface area contributed by atoms with E-state index in [1.165, 1.54) is 59.8 Å². The second kappa shape index (κ2) is 10.2. The van der Waals surface area contributed by atoms with Gasteiger partial charge < -0.3 is 0 Å². The first-order valence-corrected chi connectivity index (χ1v) is 16.2. The lowest BCUT2D eigenvalue weighted by Gasteiger charge is -2.44. The van der Waals surface area contributed by atoms with Gasteiger partial charge in [-0.1, -0.05) is 100 Å². The highest BCUT2D eigenvalue weighted by atomic mass is 28.3. The zero-order valence-electron chi connectivity index (χ0n) is 24.9. The van der Waals surface area contributed by atoms with E-state index in [0.29, 0.717) is 0 Å². The van der Waals surface area contributed by atoms with E-state index < -0.39 is 8.07 Å². The number of hydrogen-bond acceptors (Lipinski definition) is 0. The first-order chi connectivity index (χ1) is 18.6. The molecule has 2 heteroatoms. The zero-order chi connectivity index (χ0) is 27.9. The molecule has 0 N–H and O–H groups in total. The summed E-state index contributed by atoms with van der Waals surface area (Å²) in [5, 5.41) is 7.07. The SMILES string of the molecule is CCc1cc(-c2c3ccc([Si](c4ccccc4)(c4ccccc4)C(C)(C)C)cc3cc[n+]2C)c(C)c(C)c1C. The van der Waals surface area contributed by atoms with Crippen LogP contribution in [0.4, 0.5) is 0 Å². The normalized spacial score (nSPS) is 12.2. The highest BCUT2D eigenvalue weighted by molar-refractivity contribution is 7.13. The summed E-state index contributed by atoms with van der Waals surface area (Å²) in [6, 6.07) is 34.6. The van der Waals surface area contributed by atoms with Crippen molar-refractivity contribution in [2.45, 2.75) is 59.9 Å². The number of rotatable bonds is 5. The van der Waals surface area contributed by atoms with Gasteiger partial charge in [-0.05, 0) is 87.6 Å². The lowest BCUT2D eigenvalue weighted by atomic mass is 9.90. The summed E-state index contributed by atoms with van der Waals surface area (Å²) in [5.41, 5.74) is 8.30. The number of aryl methyl sites for hydroxylation is 2. The number of aromatic nitrogens is 1. The van der Waals surface area contributed by atoms with E-state index in [1.807, 2.05) is 0 Å². The van der Waals surface area contributed by atoms with Crippen molar-refractivity contribution in [2.24, 2.45) is 7.05 Å². The zero-order valence-corrected chi connectivity index (χ0v) is 25.9. The van der Waals surface area contributed by atoms with Crippen LogP contribution >= 0.6 is 0 Å². The predicted octanol–water partition coefficient (Wildman–Crippen LogP) is 7.09. The van der Waals surface area contributed by atoms with Crippen LogP contribution < -0.4 is 20.1 Å². The fourth-order valence-corrected chi connectivity index (χ4v) is 12.5. The molecule has 39 heavy (non-hydrogen) atoms. The summed E-state index contributed by atoms with van der Waals surface area (Å²) >= 11 is 0. The molecular weight excluding hydrogens is 487 g/mol. The molecule has 0 amide bonds. The van der Waals surface area contributed by atoms with E-state index in [2.05, 4.69) is 157 Å². The van der Waals surface area contributed by atoms with E-state index in [-0.39, 0.29) is 5.04 Å². The molecule has 0 aliphatic rings. The van der Waals surface area contributed by atoms with Crippen molar-refractivity contribution in [1.29, 1.82) is 0 Å². The van der Waals surface area contributed by atoms with Crippen LogP contribution in [0.5, 0.6) is 0 Å². The third-order valence-electron chi connectivity index (χ3n) is 9.07. The fraction of sp³-hybridized carbons (Fsp3) is 0.270. The van der Waals surface area contributed by atoms with Gasteiger partial charge >= 0.3 is 0 Å². The number of pyridine rings is 1. The predicted molar refractivity (Wildman–Crippen MR) is 171 cm³/mol. The Bertz CT molecular complexity index is 1600. The van der Waals surface area contributed by atoms with E-state index in [4.69, 9.17) is 0 Å². The molecule has 198 valence electrons. The first-order valence-electron chi connectivity index (χ1n) is 14.2. The van der Waals surface area contributed by atoms with Crippen molar-refractivity contribution in [2.75, 3.05) is 0 Å². The van der Waals surface area contributed by atoms with Crippen LogP contribution in [0.2, 0.25) is 5.04 Å². The minimum atomic E-state index is -2.40. The average Bonchev–Trinajstić information content (AvgIpc) is 2.93. The van der Waals surface area contributed by atoms with Gasteiger partial charge in [0.15, 0.2) is 14.3 Å². The van der Waals surface area contributed by atoms with E-state index in [1.54, 1.807) is 0 Å². The van der Waals surface area contributed by atoms with Crippen LogP contribution in [0.3, 0.4) is 0 Å². The monoisotopic (exact) mass is 528 g/mol. The Kier molecular flexibility index (Phi) is 7.11. The third kappa shape index (κ3) is 4.35. The second-order valence-corrected chi connectivity index (χ2v) is 16.9. The van der Waals surface area contributed by atoms with E-state index >= 15 is 0 Å². The standard InChI is InChI=1S/C37H42NSi/c1-9-29-25-35(28(4)26(2)27(29)3)36-34-21-20-33(24-30(34)22-23-38(36)8)39(37(5,6)7,31-16-12-10-13-17-31)32-18-14-11-15-19-32/h10-25H,9H2,1-8H3/q+1. The summed E-state index contributed by atoms with van der Waals surface area (Å²) in [5.74, 6) is 0. The van der Waals surface area contributed by atoms with Crippen molar-refractivity contribution in [1.82, 2.24) is 0 Å². The highest BCUT2D eigenvalue weighted by Crippen LogP contribution is 2.37. The van der Waals surface area contributed by atoms with Gasteiger partial charge in [-0.25, -0.2) is 4.57 Å². The number of fused-ring (bicyclic) bond motifs is 1. The smallest absolute Gasteiger partial charge is 0.200 e. The second-order valence-electron chi connectivity index (χ2n) is 12.1. The molecule has 0 saturated heterocycles. The molecule has 0 bridgehead atoms. The molecule has 0 fully saturated rings. The Hall–Kier alpha value is -3.49. The quantitative estimate of drug-likeness (QED) is 0.130. The Morgan fingerprint density at radius 3 is 1.79 bits per heavy atom. The Balaban J connectivity index is 1.84. The maximum absolute atomic E-state index is 2.51. The first kappa shape index (κ1) is 27.1. The fourth-order valence-electron chi connectivity index (χ4n) is 6.84. The van der Waals surface area contributed by atoms with Gasteiger partial charge in [-0.2, -0.15) is 0 Å². The number of nitrogens with zero attached hydrogens (tertiary/aromatic N) is 1. The molecule has 0 saturated carbocycles. The molecule has 0 atom stereocenters. The van der Waals surface area contributed by atoms with Gasteiger partial charge in [0.1, 0.15) is 7.05 Å². The molecule has 0 aliphatic heterocycles. The number of benzene rings is 4. The molecule has 0 radical (unpaired) electrons. The Labute approximate surface area is 236 Å². The van der Waals surface area contributed by atoms with Gasteiger partial charge in [-0.15, -0.1) is 0 Å². The van der Waals surface area contributed by atoms with Crippen molar-refractivity contribution >= 4 is 34.4 Å². The molecular formula is C37H42NSi+. The van der Waals surface area contributed by atoms with Crippen LogP contribution in [0.15, 0.2) is 97.2 Å². The van der Waals surface area contributed by atoms with Crippen LogP contribution in [-0.2, 0) is 13.5 Å². The highest BCUT2D eigenvalue weighted by Gasteiger charge is 2.49. The average molecular weight is 529 g/mol. The molecule has 0 aliphatic carbocycles. The van der Waals surface area contributed by atoms with Gasteiger partial charge in [0, 0.05) is 6.07 Å². The molecule has 1 heterocycles. The van der Waals surface area contributed by atoms with Crippen molar-refractivity contribution in [3.05, 3.63) is 119 Å². The Morgan fingerprint density at radius 2 is 1.26 bits per heavy atom. The van der Waals surface area contributed by atoms with Gasteiger partial charge in [0.2, 0.25) is 5.69 Å². The van der Waals surface area contributed by atoms with Crippen LogP contribution in [0, 0.1) is 20.8 Å². The van der Waals surface area contributed by atoms with Crippen LogP contribution in [0.1, 0.15) is 49.9 Å². The molecule has 5 rings (SSSR count). The van der Waals surface area contributed by atoms with Gasteiger partial charge in [0.05, 0.1) is 10.9 Å². The van der Waals surface area contributed by atoms with Crippen LogP contribution in [-0.4, -0.2) is 8.07 Å². The van der Waals surface area contributed by atoms with Gasteiger partial charge in [0.25, 0.3) is 0 Å². The maximum atomic E-state index is 2.51. The molecule has 0 unspecified atom stereocenters. The molecule has 0 spiro atoms. The van der Waals surface area contributed by atoms with Crippen molar-refractivity contribution in [3.8, 4) is 11.3 Å². The maximum Gasteiger partial charge on any atom is 0.220 e. The third-order valence-corrected chi connectivity index (χ3v) is 14.9. The molecule has 4 aromatic carbocycles. The van der Waals surface area contributed by atoms with Crippen molar-refractivity contribution in [3.63, 3.8) is 0 Å². The van der Waals surface area contributed by atoms with E-state index in [0.717, 1.165) is 6.42 Å². The minimum absolute atomic E-state index is 0.0619. The lowest BCUT2D eigenvalue weighted by molar-refractivity contribution is -0.659. The molecule has 5 aromatic rings. The van der Waals surface area contributed by atoms with Crippen LogP contribution in [0.25, 0.3) is 22.0 Å². The summed E-state index contributed by atoms with van der Waals surface area (Å²) < 4.78 is 2.31. The summed E-state index contributed by atoms with van der Waals surface area (Å²) in [7, 11) is -0.216. The summed E-state index contributed by atoms with van der Waals surface area (Å²) in [4.78, 5) is 0. The summed E-state index contributed by atoms with van der Waals surface area (Å²) in [6.07, 6.45) is 3.29. The van der Waals surface area contributed by atoms with Crippen molar-refractivity contribution < 1.29 is 4.57 Å². The Morgan fingerprint density at radius 1 is 0.667 bits per heavy atom. The summed E-state index contributed by atoms with van der Waals surface area (Å²) in [6.45, 7) is 16.4. The minimum Gasteiger partial charge on any atom is -0.200 e. The van der Waals surface area contributed by atoms with E-state index in [9.17, 15) is 0 Å². The largest absolute Gasteiger partial charge is 0.220 e.